The predicted molar refractivity (Wildman–Crippen MR) is 104 cm³/mol. The Labute approximate surface area is 153 Å². The Morgan fingerprint density at radius 2 is 1.88 bits per heavy atom. The number of nitriles is 1. The molecule has 3 aromatic rings. The third kappa shape index (κ3) is 4.52. The third-order valence-electron chi connectivity index (χ3n) is 3.86. The van der Waals surface area contributed by atoms with Crippen molar-refractivity contribution < 1.29 is 0 Å². The van der Waals surface area contributed by atoms with Crippen LogP contribution in [0.1, 0.15) is 12.0 Å². The van der Waals surface area contributed by atoms with Crippen molar-refractivity contribution in [2.24, 2.45) is 10.2 Å². The van der Waals surface area contributed by atoms with E-state index in [-0.39, 0.29) is 0 Å². The molecule has 0 aliphatic carbocycles. The van der Waals surface area contributed by atoms with Crippen LogP contribution in [0.2, 0.25) is 0 Å². The van der Waals surface area contributed by atoms with Crippen LogP contribution in [0, 0.1) is 18.3 Å². The highest BCUT2D eigenvalue weighted by molar-refractivity contribution is 5.61. The standard InChI is InChI=1S/C21H19N5/c1-16-15-19(23-14-4-12-22)10-11-20(16)26-25-18-8-6-17(7-9-18)21-5-2-3-13-24-21/h2-3,5-11,13,15,23H,4,14H2,1H3. The van der Waals surface area contributed by atoms with Crippen molar-refractivity contribution in [1.29, 1.82) is 5.26 Å². The average molecular weight is 341 g/mol. The molecule has 26 heavy (non-hydrogen) atoms. The minimum Gasteiger partial charge on any atom is -0.384 e. The molecule has 0 saturated carbocycles. The van der Waals surface area contributed by atoms with Crippen molar-refractivity contribution in [3.8, 4) is 17.3 Å². The molecule has 0 saturated heterocycles. The highest BCUT2D eigenvalue weighted by Crippen LogP contribution is 2.26. The molecule has 0 aliphatic rings. The van der Waals surface area contributed by atoms with E-state index in [1.54, 1.807) is 6.20 Å². The average Bonchev–Trinajstić information content (AvgIpc) is 2.69. The van der Waals surface area contributed by atoms with E-state index in [9.17, 15) is 0 Å². The Hall–Kier alpha value is -3.52. The van der Waals surface area contributed by atoms with Crippen molar-refractivity contribution >= 4 is 17.1 Å². The summed E-state index contributed by atoms with van der Waals surface area (Å²) < 4.78 is 0. The van der Waals surface area contributed by atoms with Crippen molar-refractivity contribution in [2.75, 3.05) is 11.9 Å². The summed E-state index contributed by atoms with van der Waals surface area (Å²) in [7, 11) is 0. The molecule has 128 valence electrons. The van der Waals surface area contributed by atoms with Gasteiger partial charge in [-0.1, -0.05) is 18.2 Å². The summed E-state index contributed by atoms with van der Waals surface area (Å²) in [5.74, 6) is 0. The summed E-state index contributed by atoms with van der Waals surface area (Å²) in [4.78, 5) is 4.34. The second kappa shape index (κ2) is 8.54. The number of hydrogen-bond donors (Lipinski definition) is 1. The number of nitrogens with one attached hydrogen (secondary N) is 1. The Morgan fingerprint density at radius 3 is 2.58 bits per heavy atom. The highest BCUT2D eigenvalue weighted by atomic mass is 15.1. The molecular formula is C21H19N5. The van der Waals surface area contributed by atoms with Crippen molar-refractivity contribution in [3.63, 3.8) is 0 Å². The van der Waals surface area contributed by atoms with Gasteiger partial charge in [0, 0.05) is 24.0 Å². The van der Waals surface area contributed by atoms with E-state index in [0.717, 1.165) is 33.9 Å². The van der Waals surface area contributed by atoms with E-state index in [1.807, 2.05) is 67.6 Å². The molecule has 0 bridgehead atoms. The fourth-order valence-electron chi connectivity index (χ4n) is 2.48. The zero-order valence-corrected chi connectivity index (χ0v) is 14.6. The molecule has 0 radical (unpaired) electrons. The van der Waals surface area contributed by atoms with Gasteiger partial charge >= 0.3 is 0 Å². The Bertz CT molecular complexity index is 925. The summed E-state index contributed by atoms with van der Waals surface area (Å²) in [6.07, 6.45) is 2.26. The lowest BCUT2D eigenvalue weighted by atomic mass is 10.1. The van der Waals surface area contributed by atoms with Crippen LogP contribution in [0.5, 0.6) is 0 Å². The molecular weight excluding hydrogens is 322 g/mol. The topological polar surface area (TPSA) is 73.4 Å². The predicted octanol–water partition coefficient (Wildman–Crippen LogP) is 5.80. The maximum absolute atomic E-state index is 8.58. The first kappa shape index (κ1) is 17.3. The minimum absolute atomic E-state index is 0.481. The smallest absolute Gasteiger partial charge is 0.0887 e. The van der Waals surface area contributed by atoms with Crippen molar-refractivity contribution in [2.45, 2.75) is 13.3 Å². The molecule has 0 spiro atoms. The molecule has 3 rings (SSSR count). The van der Waals surface area contributed by atoms with E-state index < -0.39 is 0 Å². The summed E-state index contributed by atoms with van der Waals surface area (Å²) in [6.45, 7) is 2.63. The molecule has 2 aromatic carbocycles. The number of anilines is 1. The first-order chi connectivity index (χ1) is 12.8. The van der Waals surface area contributed by atoms with E-state index in [0.29, 0.717) is 13.0 Å². The first-order valence-corrected chi connectivity index (χ1v) is 8.41. The normalized spacial score (nSPS) is 10.6. The maximum Gasteiger partial charge on any atom is 0.0887 e. The SMILES string of the molecule is Cc1cc(NCCC#N)ccc1N=Nc1ccc(-c2ccccn2)cc1. The van der Waals surface area contributed by atoms with Gasteiger partial charge in [0.15, 0.2) is 0 Å². The summed E-state index contributed by atoms with van der Waals surface area (Å²) in [6, 6.07) is 21.7. The van der Waals surface area contributed by atoms with Crippen LogP contribution >= 0.6 is 0 Å². The van der Waals surface area contributed by atoms with Gasteiger partial charge < -0.3 is 5.32 Å². The number of rotatable bonds is 6. The van der Waals surface area contributed by atoms with Gasteiger partial charge in [-0.15, -0.1) is 0 Å². The summed E-state index contributed by atoms with van der Waals surface area (Å²) in [5, 5.41) is 20.5. The van der Waals surface area contributed by atoms with Crippen LogP contribution in [0.3, 0.4) is 0 Å². The molecule has 0 unspecified atom stereocenters. The lowest BCUT2D eigenvalue weighted by Crippen LogP contribution is -1.99. The fourth-order valence-corrected chi connectivity index (χ4v) is 2.48. The van der Waals surface area contributed by atoms with Gasteiger partial charge in [0.1, 0.15) is 0 Å². The largest absolute Gasteiger partial charge is 0.384 e. The second-order valence-electron chi connectivity index (χ2n) is 5.80. The van der Waals surface area contributed by atoms with Gasteiger partial charge in [0.05, 0.1) is 29.6 Å². The summed E-state index contributed by atoms with van der Waals surface area (Å²) >= 11 is 0. The van der Waals surface area contributed by atoms with Crippen LogP contribution in [-0.2, 0) is 0 Å². The number of hydrogen-bond acceptors (Lipinski definition) is 5. The number of azo groups is 1. The van der Waals surface area contributed by atoms with Crippen molar-refractivity contribution in [3.05, 3.63) is 72.4 Å². The minimum atomic E-state index is 0.481. The number of aromatic nitrogens is 1. The molecule has 0 fully saturated rings. The number of aryl methyl sites for hydroxylation is 1. The molecule has 5 heteroatoms. The number of benzene rings is 2. The molecule has 1 aromatic heterocycles. The number of nitrogens with zero attached hydrogens (tertiary/aromatic N) is 4. The lowest BCUT2D eigenvalue weighted by molar-refractivity contribution is 1.07. The quantitative estimate of drug-likeness (QED) is 0.455. The molecule has 0 amide bonds. The Morgan fingerprint density at radius 1 is 1.04 bits per heavy atom. The molecule has 1 heterocycles. The lowest BCUT2D eigenvalue weighted by Gasteiger charge is -2.06. The zero-order chi connectivity index (χ0) is 18.2. The zero-order valence-electron chi connectivity index (χ0n) is 14.6. The fraction of sp³-hybridized carbons (Fsp3) is 0.143. The molecule has 5 nitrogen and oxygen atoms in total. The van der Waals surface area contributed by atoms with Gasteiger partial charge in [0.2, 0.25) is 0 Å². The number of pyridine rings is 1. The van der Waals surface area contributed by atoms with Crippen LogP contribution in [0.4, 0.5) is 17.1 Å². The van der Waals surface area contributed by atoms with Gasteiger partial charge in [-0.3, -0.25) is 4.98 Å². The van der Waals surface area contributed by atoms with Gasteiger partial charge in [-0.05, 0) is 55.0 Å². The van der Waals surface area contributed by atoms with Gasteiger partial charge in [-0.25, -0.2) is 0 Å². The molecule has 0 aliphatic heterocycles. The summed E-state index contributed by atoms with van der Waals surface area (Å²) in [5.41, 5.74) is 5.61. The Balaban J connectivity index is 1.69. The monoisotopic (exact) mass is 341 g/mol. The van der Waals surface area contributed by atoms with Crippen LogP contribution in [0.15, 0.2) is 77.1 Å². The third-order valence-corrected chi connectivity index (χ3v) is 3.86. The maximum atomic E-state index is 8.58. The van der Waals surface area contributed by atoms with Gasteiger partial charge in [-0.2, -0.15) is 15.5 Å². The first-order valence-electron chi connectivity index (χ1n) is 8.41. The van der Waals surface area contributed by atoms with Crippen LogP contribution in [-0.4, -0.2) is 11.5 Å². The van der Waals surface area contributed by atoms with E-state index in [2.05, 4.69) is 26.6 Å². The molecule has 1 N–H and O–H groups in total. The van der Waals surface area contributed by atoms with Gasteiger partial charge in [0.25, 0.3) is 0 Å². The second-order valence-corrected chi connectivity index (χ2v) is 5.80. The highest BCUT2D eigenvalue weighted by Gasteiger charge is 2.01. The van der Waals surface area contributed by atoms with E-state index >= 15 is 0 Å². The van der Waals surface area contributed by atoms with E-state index in [1.165, 1.54) is 0 Å². The van der Waals surface area contributed by atoms with Crippen molar-refractivity contribution in [1.82, 2.24) is 4.98 Å². The van der Waals surface area contributed by atoms with Crippen LogP contribution in [0.25, 0.3) is 11.3 Å². The molecule has 0 atom stereocenters. The van der Waals surface area contributed by atoms with Crippen LogP contribution < -0.4 is 5.32 Å². The Kier molecular flexibility index (Phi) is 5.69. The van der Waals surface area contributed by atoms with E-state index in [4.69, 9.17) is 5.26 Å².